The van der Waals surface area contributed by atoms with E-state index in [-0.39, 0.29) is 17.1 Å². The Morgan fingerprint density at radius 3 is 2.23 bits per heavy atom. The second-order valence-corrected chi connectivity index (χ2v) is 12.4. The second kappa shape index (κ2) is 13.6. The average molecular weight is 576 g/mol. The highest BCUT2D eigenvalue weighted by Gasteiger charge is 2.54. The first-order valence-corrected chi connectivity index (χ1v) is 15.5. The number of amides is 2. The van der Waals surface area contributed by atoms with Crippen LogP contribution >= 0.6 is 23.1 Å². The van der Waals surface area contributed by atoms with Crippen molar-refractivity contribution in [3.63, 3.8) is 0 Å². The number of carbonyl (C=O) groups excluding carboxylic acids is 2. The van der Waals surface area contributed by atoms with Gasteiger partial charge in [-0.2, -0.15) is 0 Å². The lowest BCUT2D eigenvalue weighted by Crippen LogP contribution is -2.71. The van der Waals surface area contributed by atoms with Crippen molar-refractivity contribution in [2.75, 3.05) is 5.75 Å². The number of hydrogen-bond donors (Lipinski definition) is 4. The molecule has 0 spiro atoms. The molecule has 1 aromatic rings. The maximum Gasteiger partial charge on any atom is 0.352 e. The summed E-state index contributed by atoms with van der Waals surface area (Å²) < 4.78 is 0. The Bertz CT molecular complexity index is 1120. The fraction of sp³-hybridized carbons (Fsp3) is 0.593. The molecule has 3 fully saturated rings. The van der Waals surface area contributed by atoms with Crippen molar-refractivity contribution in [2.24, 2.45) is 5.16 Å². The number of β-lactam (4-membered cyclic amide) rings is 1. The Kier molecular flexibility index (Phi) is 10.2. The van der Waals surface area contributed by atoms with Crippen LogP contribution in [0.25, 0.3) is 0 Å². The molecular weight excluding hydrogens is 538 g/mol. The lowest BCUT2D eigenvalue weighted by molar-refractivity contribution is -0.150. The zero-order valence-corrected chi connectivity index (χ0v) is 23.9. The zero-order valence-electron chi connectivity index (χ0n) is 22.2. The van der Waals surface area contributed by atoms with Gasteiger partial charge in [0.2, 0.25) is 0 Å². The molecule has 0 bridgehead atoms. The fourth-order valence-corrected chi connectivity index (χ4v) is 7.50. The number of fused-ring (bicyclic) bond motifs is 1. The molecule has 0 unspecified atom stereocenters. The maximum absolute atomic E-state index is 12.4. The van der Waals surface area contributed by atoms with Gasteiger partial charge in [0.25, 0.3) is 11.8 Å². The lowest BCUT2D eigenvalue weighted by Gasteiger charge is -2.49. The summed E-state index contributed by atoms with van der Waals surface area (Å²) in [5.74, 6) is -2.16. The van der Waals surface area contributed by atoms with E-state index in [2.05, 4.69) is 27.4 Å². The molecule has 5 rings (SSSR count). The summed E-state index contributed by atoms with van der Waals surface area (Å²) in [6.07, 6.45) is 16.0. The summed E-state index contributed by atoms with van der Waals surface area (Å²) in [5.41, 5.74) is 0.229. The first-order chi connectivity index (χ1) is 18.8. The van der Waals surface area contributed by atoms with Gasteiger partial charge in [-0.1, -0.05) is 56.3 Å². The van der Waals surface area contributed by atoms with Crippen LogP contribution in [0.1, 0.15) is 74.9 Å². The van der Waals surface area contributed by atoms with E-state index in [0.29, 0.717) is 16.3 Å². The smallest absolute Gasteiger partial charge is 0.352 e. The molecule has 1 aromatic heterocycles. The molecule has 0 aromatic carbocycles. The molecule has 2 amide bonds. The van der Waals surface area contributed by atoms with Crippen molar-refractivity contribution in [2.45, 2.75) is 94.6 Å². The van der Waals surface area contributed by atoms with E-state index in [1.165, 1.54) is 93.4 Å². The highest BCUT2D eigenvalue weighted by molar-refractivity contribution is 8.00. The number of thiazole rings is 1. The topological polar surface area (TPSA) is 144 Å². The normalized spacial score (nSPS) is 24.3. The number of carboxylic acid groups (broad SMARTS) is 1. The van der Waals surface area contributed by atoms with E-state index in [4.69, 9.17) is 5.21 Å². The number of hydrogen-bond acceptors (Lipinski definition) is 9. The molecular formula is C27H37N5O5S2. The van der Waals surface area contributed by atoms with Crippen molar-refractivity contribution >= 4 is 46.6 Å². The Hall–Kier alpha value is -2.70. The van der Waals surface area contributed by atoms with Gasteiger partial charge in [0, 0.05) is 23.2 Å². The quantitative estimate of drug-likeness (QED) is 0.166. The van der Waals surface area contributed by atoms with Gasteiger partial charge in [-0.25, -0.2) is 9.78 Å². The summed E-state index contributed by atoms with van der Waals surface area (Å²) in [5, 5.41) is 29.6. The van der Waals surface area contributed by atoms with Crippen LogP contribution < -0.4 is 10.6 Å². The van der Waals surface area contributed by atoms with E-state index in [1.54, 1.807) is 12.3 Å². The Balaban J connectivity index is 0.000000226. The number of thioether (sulfide) groups is 1. The van der Waals surface area contributed by atoms with Crippen molar-refractivity contribution in [1.29, 1.82) is 0 Å². The molecule has 2 atom stereocenters. The van der Waals surface area contributed by atoms with Crippen molar-refractivity contribution in [1.82, 2.24) is 20.5 Å². The summed E-state index contributed by atoms with van der Waals surface area (Å²) in [4.78, 5) is 41.5. The first-order valence-electron chi connectivity index (χ1n) is 13.6. The molecule has 1 saturated heterocycles. The van der Waals surface area contributed by atoms with Gasteiger partial charge < -0.3 is 20.9 Å². The summed E-state index contributed by atoms with van der Waals surface area (Å²) in [6, 6.07) is 0.832. The van der Waals surface area contributed by atoms with Crippen LogP contribution in [-0.4, -0.2) is 72.9 Å². The van der Waals surface area contributed by atoms with Crippen LogP contribution in [0.2, 0.25) is 0 Å². The molecule has 2 aliphatic heterocycles. The number of aromatic nitrogens is 1. The van der Waals surface area contributed by atoms with E-state index >= 15 is 0 Å². The average Bonchev–Trinajstić information content (AvgIpc) is 3.38. The minimum absolute atomic E-state index is 0.120. The molecule has 12 heteroatoms. The fourth-order valence-electron chi connectivity index (χ4n) is 5.57. The zero-order chi connectivity index (χ0) is 27.9. The molecule has 4 N–H and O–H groups in total. The van der Waals surface area contributed by atoms with E-state index in [1.807, 2.05) is 0 Å². The summed E-state index contributed by atoms with van der Waals surface area (Å²) in [6.45, 7) is 5.31. The standard InChI is InChI=1S/C15H14N4O5S2.C12H23N/c1-3-7-4-26-14-10(13(21)19(14)11(7)15(22)23)17-12(20)9(18-24)8-5-25-6(2)16-8;1-3-7-11(8-4-1)13-12-9-5-2-6-10-12/h3,5,10,14,24H,1,4H2,2H3,(H,17,20)(H,22,23);11-13H,1-10H2/b18-9-;/t10-,14-;/m1./s1. The second-order valence-electron chi connectivity index (χ2n) is 10.3. The van der Waals surface area contributed by atoms with Gasteiger partial charge in [-0.3, -0.25) is 14.5 Å². The Labute approximate surface area is 237 Å². The predicted molar refractivity (Wildman–Crippen MR) is 152 cm³/mol. The van der Waals surface area contributed by atoms with Crippen LogP contribution in [0.15, 0.2) is 34.5 Å². The molecule has 212 valence electrons. The maximum atomic E-state index is 12.4. The van der Waals surface area contributed by atoms with Crippen molar-refractivity contribution < 1.29 is 24.7 Å². The van der Waals surface area contributed by atoms with Crippen LogP contribution in [0.3, 0.4) is 0 Å². The molecule has 0 radical (unpaired) electrons. The first kappa shape index (κ1) is 29.3. The number of nitrogens with zero attached hydrogens (tertiary/aromatic N) is 3. The number of nitrogens with one attached hydrogen (secondary N) is 2. The predicted octanol–water partition coefficient (Wildman–Crippen LogP) is 3.80. The third kappa shape index (κ3) is 6.90. The number of aryl methyl sites for hydroxylation is 1. The van der Waals surface area contributed by atoms with E-state index < -0.39 is 29.2 Å². The van der Waals surface area contributed by atoms with Gasteiger partial charge >= 0.3 is 5.97 Å². The molecule has 39 heavy (non-hydrogen) atoms. The molecule has 2 saturated carbocycles. The van der Waals surface area contributed by atoms with Crippen LogP contribution in [0.4, 0.5) is 0 Å². The van der Waals surface area contributed by atoms with E-state index in [0.717, 1.165) is 17.0 Å². The minimum atomic E-state index is -1.22. The van der Waals surface area contributed by atoms with Gasteiger partial charge in [-0.15, -0.1) is 23.1 Å². The molecule has 4 aliphatic rings. The van der Waals surface area contributed by atoms with E-state index in [9.17, 15) is 19.5 Å². The monoisotopic (exact) mass is 575 g/mol. The number of carboxylic acids is 1. The molecule has 3 heterocycles. The Morgan fingerprint density at radius 1 is 1.13 bits per heavy atom. The number of oxime groups is 1. The summed E-state index contributed by atoms with van der Waals surface area (Å²) in [7, 11) is 0. The number of allylic oxidation sites excluding steroid dienone is 1. The Morgan fingerprint density at radius 2 is 1.74 bits per heavy atom. The van der Waals surface area contributed by atoms with Crippen molar-refractivity contribution in [3.05, 3.63) is 40.0 Å². The number of rotatable bonds is 7. The highest BCUT2D eigenvalue weighted by atomic mass is 32.2. The molecule has 10 nitrogen and oxygen atoms in total. The van der Waals surface area contributed by atoms with Gasteiger partial charge in [0.05, 0.1) is 5.01 Å². The van der Waals surface area contributed by atoms with Crippen molar-refractivity contribution in [3.8, 4) is 0 Å². The van der Waals surface area contributed by atoms with Gasteiger partial charge in [0.1, 0.15) is 22.8 Å². The molecule has 2 aliphatic carbocycles. The van der Waals surface area contributed by atoms with Crippen LogP contribution in [-0.2, 0) is 14.4 Å². The lowest BCUT2D eigenvalue weighted by atomic mass is 9.91. The SMILES string of the molecule is C1CCC(NC2CCCCC2)CC1.C=CC1=C(C(=O)O)N2C(=O)[C@@H](NC(=O)/C(=N\O)c3csc(C)n3)[C@H]2SC1. The highest BCUT2D eigenvalue weighted by Crippen LogP contribution is 2.40. The largest absolute Gasteiger partial charge is 0.477 e. The van der Waals surface area contributed by atoms with Gasteiger partial charge in [0.15, 0.2) is 5.71 Å². The summed E-state index contributed by atoms with van der Waals surface area (Å²) >= 11 is 2.61. The van der Waals surface area contributed by atoms with Crippen LogP contribution in [0, 0.1) is 6.92 Å². The third-order valence-electron chi connectivity index (χ3n) is 7.59. The van der Waals surface area contributed by atoms with Crippen LogP contribution in [0.5, 0.6) is 0 Å². The van der Waals surface area contributed by atoms with Gasteiger partial charge in [-0.05, 0) is 38.2 Å². The number of carbonyl (C=O) groups is 3. The third-order valence-corrected chi connectivity index (χ3v) is 9.67. The minimum Gasteiger partial charge on any atom is -0.477 e. The number of aliphatic carboxylic acids is 1.